The molecule has 31 heavy (non-hydrogen) atoms. The number of nitrogens with zero attached hydrogens (tertiary/aromatic N) is 5. The van der Waals surface area contributed by atoms with E-state index in [4.69, 9.17) is 9.72 Å². The van der Waals surface area contributed by atoms with Gasteiger partial charge in [-0.25, -0.2) is 4.98 Å². The molecule has 3 aromatic heterocycles. The molecule has 0 spiro atoms. The van der Waals surface area contributed by atoms with Gasteiger partial charge in [-0.2, -0.15) is 0 Å². The number of carbonyl (C=O) groups is 1. The maximum absolute atomic E-state index is 12.4. The largest absolute Gasteiger partial charge is 0.488 e. The van der Waals surface area contributed by atoms with Crippen LogP contribution in [-0.4, -0.2) is 63.2 Å². The Labute approximate surface area is 179 Å². The minimum Gasteiger partial charge on any atom is -0.488 e. The summed E-state index contributed by atoms with van der Waals surface area (Å²) < 4.78 is 8.29. The lowest BCUT2D eigenvalue weighted by Crippen LogP contribution is -2.50. The molecule has 0 saturated carbocycles. The van der Waals surface area contributed by atoms with Crippen LogP contribution in [0.2, 0.25) is 0 Å². The van der Waals surface area contributed by atoms with Gasteiger partial charge in [0.2, 0.25) is 5.91 Å². The Bertz CT molecular complexity index is 1250. The quantitative estimate of drug-likeness (QED) is 0.550. The summed E-state index contributed by atoms with van der Waals surface area (Å²) in [6.07, 6.45) is 3.33. The van der Waals surface area contributed by atoms with Crippen LogP contribution < -0.4 is 10.1 Å². The summed E-state index contributed by atoms with van der Waals surface area (Å²) in [6, 6.07) is 15.5. The lowest BCUT2D eigenvalue weighted by atomic mass is 10.0. The smallest absolute Gasteiger partial charge is 0.239 e. The molecule has 1 fully saturated rings. The molecule has 8 heteroatoms. The number of piperidine rings is 1. The topological polar surface area (TPSA) is 84.7 Å². The molecule has 4 heterocycles. The van der Waals surface area contributed by atoms with Gasteiger partial charge in [0.05, 0.1) is 6.04 Å². The molecule has 4 aromatic rings. The van der Waals surface area contributed by atoms with E-state index in [-0.39, 0.29) is 18.1 Å². The number of para-hydroxylation sites is 1. The zero-order valence-corrected chi connectivity index (χ0v) is 17.5. The third-order valence-electron chi connectivity index (χ3n) is 5.61. The number of nitrogens with one attached hydrogen (secondary N) is 1. The lowest BCUT2D eigenvalue weighted by Gasteiger charge is -2.31. The molecule has 8 nitrogen and oxygen atoms in total. The molecule has 1 aliphatic rings. The Hall–Kier alpha value is -3.52. The second kappa shape index (κ2) is 7.96. The van der Waals surface area contributed by atoms with Crippen LogP contribution in [0.15, 0.2) is 54.7 Å². The molecule has 2 atom stereocenters. The number of hydrogen-bond donors (Lipinski definition) is 1. The maximum atomic E-state index is 12.4. The molecule has 0 radical (unpaired) electrons. The van der Waals surface area contributed by atoms with Crippen molar-refractivity contribution in [2.24, 2.45) is 0 Å². The molecule has 1 N–H and O–H groups in total. The first-order chi connectivity index (χ1) is 15.1. The van der Waals surface area contributed by atoms with Gasteiger partial charge >= 0.3 is 0 Å². The van der Waals surface area contributed by atoms with Crippen LogP contribution in [0, 0.1) is 0 Å². The normalized spacial score (nSPS) is 18.9. The van der Waals surface area contributed by atoms with E-state index in [9.17, 15) is 4.79 Å². The zero-order valence-electron chi connectivity index (χ0n) is 17.5. The van der Waals surface area contributed by atoms with E-state index < -0.39 is 0 Å². The number of rotatable bonds is 4. The van der Waals surface area contributed by atoms with E-state index in [2.05, 4.69) is 15.5 Å². The molecule has 0 bridgehead atoms. The average molecular weight is 416 g/mol. The number of likely N-dealkylation sites (N-methyl/N-ethyl adjacent to an activating group) is 1. The van der Waals surface area contributed by atoms with Crippen molar-refractivity contribution in [2.45, 2.75) is 25.0 Å². The zero-order chi connectivity index (χ0) is 21.4. The summed E-state index contributed by atoms with van der Waals surface area (Å²) in [5, 5.41) is 12.8. The number of aromatic nitrogens is 4. The second-order valence-corrected chi connectivity index (χ2v) is 7.98. The summed E-state index contributed by atoms with van der Waals surface area (Å²) in [5.41, 5.74) is 2.28. The minimum absolute atomic E-state index is 0.0554. The van der Waals surface area contributed by atoms with Crippen molar-refractivity contribution in [1.29, 1.82) is 0 Å². The van der Waals surface area contributed by atoms with Crippen molar-refractivity contribution in [3.63, 3.8) is 0 Å². The second-order valence-electron chi connectivity index (χ2n) is 7.98. The Morgan fingerprint density at radius 2 is 2.03 bits per heavy atom. The van der Waals surface area contributed by atoms with Crippen LogP contribution >= 0.6 is 0 Å². The van der Waals surface area contributed by atoms with E-state index in [0.717, 1.165) is 41.0 Å². The van der Waals surface area contributed by atoms with Gasteiger partial charge < -0.3 is 15.0 Å². The van der Waals surface area contributed by atoms with Crippen LogP contribution in [0.5, 0.6) is 5.75 Å². The highest BCUT2D eigenvalue weighted by Crippen LogP contribution is 2.29. The maximum Gasteiger partial charge on any atom is 0.239 e. The predicted molar refractivity (Wildman–Crippen MR) is 118 cm³/mol. The first-order valence-electron chi connectivity index (χ1n) is 10.4. The van der Waals surface area contributed by atoms with E-state index in [1.54, 1.807) is 19.0 Å². The molecular weight excluding hydrogens is 392 g/mol. The monoisotopic (exact) mass is 416 g/mol. The number of ether oxygens (including phenoxy) is 1. The molecule has 1 amide bonds. The number of carbonyl (C=O) groups excluding carboxylic acids is 1. The lowest BCUT2D eigenvalue weighted by molar-refractivity contribution is -0.132. The fourth-order valence-electron chi connectivity index (χ4n) is 4.02. The van der Waals surface area contributed by atoms with Gasteiger partial charge in [-0.05, 0) is 37.2 Å². The summed E-state index contributed by atoms with van der Waals surface area (Å²) >= 11 is 0. The van der Waals surface area contributed by atoms with Gasteiger partial charge in [0.25, 0.3) is 0 Å². The summed E-state index contributed by atoms with van der Waals surface area (Å²) in [5.74, 6) is 1.48. The number of amides is 1. The van der Waals surface area contributed by atoms with Crippen molar-refractivity contribution < 1.29 is 9.53 Å². The average Bonchev–Trinajstić information content (AvgIpc) is 3.23. The Balaban J connectivity index is 1.47. The molecule has 1 aliphatic heterocycles. The van der Waals surface area contributed by atoms with Gasteiger partial charge in [-0.3, -0.25) is 9.20 Å². The fourth-order valence-corrected chi connectivity index (χ4v) is 4.02. The van der Waals surface area contributed by atoms with E-state index in [0.29, 0.717) is 12.2 Å². The van der Waals surface area contributed by atoms with E-state index >= 15 is 0 Å². The Morgan fingerprint density at radius 3 is 2.90 bits per heavy atom. The van der Waals surface area contributed by atoms with E-state index in [1.165, 1.54) is 0 Å². The first-order valence-corrected chi connectivity index (χ1v) is 10.4. The molecule has 0 aliphatic carbocycles. The van der Waals surface area contributed by atoms with Gasteiger partial charge in [0.1, 0.15) is 23.1 Å². The minimum atomic E-state index is -0.227. The first kappa shape index (κ1) is 19.4. The van der Waals surface area contributed by atoms with Gasteiger partial charge in [0.15, 0.2) is 11.5 Å². The van der Waals surface area contributed by atoms with Crippen molar-refractivity contribution in [2.75, 3.05) is 20.6 Å². The third-order valence-corrected chi connectivity index (χ3v) is 5.61. The molecule has 5 rings (SSSR count). The van der Waals surface area contributed by atoms with Crippen molar-refractivity contribution >= 4 is 22.5 Å². The molecule has 158 valence electrons. The Morgan fingerprint density at radius 1 is 1.13 bits per heavy atom. The van der Waals surface area contributed by atoms with Crippen molar-refractivity contribution in [1.82, 2.24) is 29.8 Å². The van der Waals surface area contributed by atoms with Crippen LogP contribution in [0.4, 0.5) is 0 Å². The number of pyridine rings is 2. The van der Waals surface area contributed by atoms with Gasteiger partial charge in [-0.15, -0.1) is 10.2 Å². The molecule has 1 saturated heterocycles. The van der Waals surface area contributed by atoms with Crippen LogP contribution in [-0.2, 0) is 4.79 Å². The van der Waals surface area contributed by atoms with E-state index in [1.807, 2.05) is 59.1 Å². The summed E-state index contributed by atoms with van der Waals surface area (Å²) in [6.45, 7) is 0.740. The fraction of sp³-hybridized carbons (Fsp3) is 0.304. The van der Waals surface area contributed by atoms with Gasteiger partial charge in [0, 0.05) is 32.1 Å². The summed E-state index contributed by atoms with van der Waals surface area (Å²) in [4.78, 5) is 18.9. The van der Waals surface area contributed by atoms with Gasteiger partial charge in [-0.1, -0.05) is 24.3 Å². The number of fused-ring (bicyclic) bond motifs is 2. The highest BCUT2D eigenvalue weighted by atomic mass is 16.5. The molecular formula is C23H24N6O2. The van der Waals surface area contributed by atoms with Crippen molar-refractivity contribution in [3.8, 4) is 17.3 Å². The molecule has 1 aromatic carbocycles. The highest BCUT2D eigenvalue weighted by Gasteiger charge is 2.29. The molecule has 1 unspecified atom stereocenters. The van der Waals surface area contributed by atoms with Crippen LogP contribution in [0.25, 0.3) is 28.1 Å². The Kier molecular flexibility index (Phi) is 4.99. The number of hydrogen-bond acceptors (Lipinski definition) is 6. The third kappa shape index (κ3) is 3.70. The van der Waals surface area contributed by atoms with Crippen LogP contribution in [0.3, 0.4) is 0 Å². The number of benzene rings is 1. The summed E-state index contributed by atoms with van der Waals surface area (Å²) in [7, 11) is 3.55. The highest BCUT2D eigenvalue weighted by molar-refractivity contribution is 5.86. The van der Waals surface area contributed by atoms with Crippen LogP contribution in [0.1, 0.15) is 12.8 Å². The standard InChI is InChI=1S/C23H24N6O2/c1-28(2)23(30)18-14-16(11-12-24-18)31-19-7-5-6-15-9-10-17(25-21(15)19)22-27-26-20-8-3-4-13-29(20)22/h3-10,13,16,18,24H,11-12,14H2,1-2H3/t16?,18-/m0/s1. The van der Waals surface area contributed by atoms with Crippen molar-refractivity contribution in [3.05, 3.63) is 54.7 Å². The predicted octanol–water partition coefficient (Wildman–Crippen LogP) is 2.53. The SMILES string of the molecule is CN(C)C(=O)[C@@H]1CC(Oc2cccc3ccc(-c4nnc5ccccn45)nc23)CCN1.